The molecule has 0 spiro atoms. The van der Waals surface area contributed by atoms with Crippen molar-refractivity contribution in [3.8, 4) is 11.5 Å². The van der Waals surface area contributed by atoms with Gasteiger partial charge in [0.25, 0.3) is 0 Å². The van der Waals surface area contributed by atoms with Gasteiger partial charge in [0.15, 0.2) is 5.78 Å². The summed E-state index contributed by atoms with van der Waals surface area (Å²) in [5, 5.41) is 0. The molecule has 0 aliphatic heterocycles. The van der Waals surface area contributed by atoms with Gasteiger partial charge in [-0.1, -0.05) is 6.07 Å². The topological polar surface area (TPSA) is 65.0 Å². The fraction of sp³-hybridized carbons (Fsp3) is 0.0909. The van der Waals surface area contributed by atoms with E-state index in [0.717, 1.165) is 12.3 Å². The van der Waals surface area contributed by atoms with E-state index in [9.17, 15) is 22.4 Å². The molecule has 0 radical (unpaired) electrons. The molecule has 0 unspecified atom stereocenters. The number of rotatable bonds is 5. The standard InChI is InChI=1S/C22H13F4N3O2/c23-18-9-16(31-17-3-4-19-20(10-17)29-6-5-28-19)2-1-13(18)8-21(30)14-7-15(12-27-11-14)22(24,25)26/h1-7,9-12H,8H2. The Kier molecular flexibility index (Phi) is 5.33. The van der Waals surface area contributed by atoms with E-state index in [2.05, 4.69) is 15.0 Å². The van der Waals surface area contributed by atoms with Crippen LogP contribution in [-0.4, -0.2) is 20.7 Å². The Morgan fingerprint density at radius 2 is 1.61 bits per heavy atom. The second kappa shape index (κ2) is 8.10. The zero-order valence-electron chi connectivity index (χ0n) is 15.7. The molecular formula is C22H13F4N3O2. The molecule has 0 atom stereocenters. The van der Waals surface area contributed by atoms with E-state index in [1.165, 1.54) is 18.3 Å². The molecule has 9 heteroatoms. The minimum absolute atomic E-state index is 0.0270. The summed E-state index contributed by atoms with van der Waals surface area (Å²) in [7, 11) is 0. The third-order valence-corrected chi connectivity index (χ3v) is 4.44. The van der Waals surface area contributed by atoms with Crippen LogP contribution in [0, 0.1) is 5.82 Å². The maximum atomic E-state index is 14.5. The Balaban J connectivity index is 1.50. The van der Waals surface area contributed by atoms with Gasteiger partial charge in [-0.05, 0) is 29.8 Å². The summed E-state index contributed by atoms with van der Waals surface area (Å²) in [6, 6.07) is 9.65. The van der Waals surface area contributed by atoms with Gasteiger partial charge in [0, 0.05) is 48.9 Å². The highest BCUT2D eigenvalue weighted by atomic mass is 19.4. The van der Waals surface area contributed by atoms with Crippen molar-refractivity contribution in [2.75, 3.05) is 0 Å². The van der Waals surface area contributed by atoms with Crippen LogP contribution in [-0.2, 0) is 12.6 Å². The normalized spacial score (nSPS) is 11.5. The highest BCUT2D eigenvalue weighted by molar-refractivity contribution is 5.97. The molecule has 0 N–H and O–H groups in total. The van der Waals surface area contributed by atoms with Gasteiger partial charge in [-0.2, -0.15) is 13.2 Å². The van der Waals surface area contributed by atoms with Crippen LogP contribution in [0.2, 0.25) is 0 Å². The molecule has 5 nitrogen and oxygen atoms in total. The number of ether oxygens (including phenoxy) is 1. The van der Waals surface area contributed by atoms with Crippen LogP contribution in [0.5, 0.6) is 11.5 Å². The molecule has 2 heterocycles. The number of aromatic nitrogens is 3. The Bertz CT molecular complexity index is 1280. The van der Waals surface area contributed by atoms with Gasteiger partial charge in [-0.3, -0.25) is 19.7 Å². The molecule has 4 rings (SSSR count). The number of alkyl halides is 3. The van der Waals surface area contributed by atoms with Crippen molar-refractivity contribution in [1.82, 2.24) is 15.0 Å². The minimum atomic E-state index is -4.62. The first-order chi connectivity index (χ1) is 14.8. The van der Waals surface area contributed by atoms with Crippen molar-refractivity contribution >= 4 is 16.8 Å². The lowest BCUT2D eigenvalue weighted by molar-refractivity contribution is -0.137. The van der Waals surface area contributed by atoms with Crippen molar-refractivity contribution in [1.29, 1.82) is 0 Å². The number of nitrogens with zero attached hydrogens (tertiary/aromatic N) is 3. The second-order valence-electron chi connectivity index (χ2n) is 6.62. The highest BCUT2D eigenvalue weighted by Crippen LogP contribution is 2.30. The lowest BCUT2D eigenvalue weighted by atomic mass is 10.0. The van der Waals surface area contributed by atoms with Gasteiger partial charge in [-0.25, -0.2) is 4.39 Å². The number of fused-ring (bicyclic) bond motifs is 1. The van der Waals surface area contributed by atoms with E-state index in [1.54, 1.807) is 24.4 Å². The molecule has 0 saturated heterocycles. The summed E-state index contributed by atoms with van der Waals surface area (Å²) in [6.45, 7) is 0. The van der Waals surface area contributed by atoms with Gasteiger partial charge in [0.05, 0.1) is 16.6 Å². The Morgan fingerprint density at radius 3 is 2.35 bits per heavy atom. The maximum absolute atomic E-state index is 14.5. The number of Topliss-reactive ketones (excluding diaryl/α,β-unsaturated/α-hetero) is 1. The number of ketones is 1. The van der Waals surface area contributed by atoms with E-state index < -0.39 is 29.8 Å². The largest absolute Gasteiger partial charge is 0.457 e. The van der Waals surface area contributed by atoms with Crippen LogP contribution in [0.15, 0.2) is 67.3 Å². The van der Waals surface area contributed by atoms with E-state index in [1.807, 2.05) is 0 Å². The summed E-state index contributed by atoms with van der Waals surface area (Å²) in [5.41, 5.74) is 0.0324. The van der Waals surface area contributed by atoms with Crippen LogP contribution in [0.25, 0.3) is 11.0 Å². The maximum Gasteiger partial charge on any atom is 0.417 e. The molecule has 4 aromatic rings. The molecule has 0 saturated carbocycles. The van der Waals surface area contributed by atoms with Gasteiger partial charge < -0.3 is 4.74 Å². The van der Waals surface area contributed by atoms with Crippen LogP contribution < -0.4 is 4.74 Å². The number of carbonyl (C=O) groups is 1. The number of halogens is 4. The molecule has 0 aliphatic carbocycles. The zero-order chi connectivity index (χ0) is 22.0. The first kappa shape index (κ1) is 20.4. The van der Waals surface area contributed by atoms with Gasteiger partial charge >= 0.3 is 6.18 Å². The van der Waals surface area contributed by atoms with Crippen LogP contribution >= 0.6 is 0 Å². The van der Waals surface area contributed by atoms with Crippen molar-refractivity contribution in [2.24, 2.45) is 0 Å². The van der Waals surface area contributed by atoms with Crippen LogP contribution in [0.1, 0.15) is 21.5 Å². The molecule has 2 aromatic carbocycles. The molecule has 156 valence electrons. The van der Waals surface area contributed by atoms with E-state index >= 15 is 0 Å². The van der Waals surface area contributed by atoms with Crippen molar-refractivity contribution in [3.63, 3.8) is 0 Å². The fourth-order valence-electron chi connectivity index (χ4n) is 2.90. The molecule has 0 bridgehead atoms. The van der Waals surface area contributed by atoms with Crippen LogP contribution in [0.3, 0.4) is 0 Å². The molecule has 0 fully saturated rings. The smallest absolute Gasteiger partial charge is 0.417 e. The summed E-state index contributed by atoms with van der Waals surface area (Å²) >= 11 is 0. The summed E-state index contributed by atoms with van der Waals surface area (Å²) in [5.74, 6) is -0.783. The highest BCUT2D eigenvalue weighted by Gasteiger charge is 2.31. The average molecular weight is 427 g/mol. The van der Waals surface area contributed by atoms with Crippen molar-refractivity contribution < 1.29 is 27.1 Å². The molecule has 0 amide bonds. The van der Waals surface area contributed by atoms with Gasteiger partial charge in [-0.15, -0.1) is 0 Å². The summed E-state index contributed by atoms with van der Waals surface area (Å²) in [6.07, 6.45) is -0.287. The molecule has 31 heavy (non-hydrogen) atoms. The van der Waals surface area contributed by atoms with Crippen molar-refractivity contribution in [2.45, 2.75) is 12.6 Å². The van der Waals surface area contributed by atoms with E-state index in [4.69, 9.17) is 4.74 Å². The number of benzene rings is 2. The third-order valence-electron chi connectivity index (χ3n) is 4.44. The Labute approximate surface area is 173 Å². The zero-order valence-corrected chi connectivity index (χ0v) is 15.7. The first-order valence-electron chi connectivity index (χ1n) is 9.02. The minimum Gasteiger partial charge on any atom is -0.457 e. The number of carbonyl (C=O) groups excluding carboxylic acids is 1. The monoisotopic (exact) mass is 427 g/mol. The predicted molar refractivity (Wildman–Crippen MR) is 103 cm³/mol. The third kappa shape index (κ3) is 4.66. The number of hydrogen-bond donors (Lipinski definition) is 0. The summed E-state index contributed by atoms with van der Waals surface area (Å²) in [4.78, 5) is 24.1. The Morgan fingerprint density at radius 1 is 0.903 bits per heavy atom. The first-order valence-corrected chi connectivity index (χ1v) is 9.02. The lowest BCUT2D eigenvalue weighted by Crippen LogP contribution is -2.10. The van der Waals surface area contributed by atoms with E-state index in [0.29, 0.717) is 29.0 Å². The average Bonchev–Trinajstić information content (AvgIpc) is 2.75. The fourth-order valence-corrected chi connectivity index (χ4v) is 2.90. The van der Waals surface area contributed by atoms with Crippen LogP contribution in [0.4, 0.5) is 17.6 Å². The number of pyridine rings is 1. The van der Waals surface area contributed by atoms with Gasteiger partial charge in [0.1, 0.15) is 17.3 Å². The second-order valence-corrected chi connectivity index (χ2v) is 6.62. The predicted octanol–water partition coefficient (Wildman–Crippen LogP) is 5.40. The Hall–Kier alpha value is -3.88. The molecule has 0 aliphatic rings. The van der Waals surface area contributed by atoms with E-state index in [-0.39, 0.29) is 16.9 Å². The van der Waals surface area contributed by atoms with Crippen molar-refractivity contribution in [3.05, 3.63) is 89.8 Å². The molecule has 2 aromatic heterocycles. The quantitative estimate of drug-likeness (QED) is 0.315. The molecular weight excluding hydrogens is 414 g/mol. The summed E-state index contributed by atoms with van der Waals surface area (Å²) < 4.78 is 58.5. The van der Waals surface area contributed by atoms with Gasteiger partial charge in [0.2, 0.25) is 0 Å². The lowest BCUT2D eigenvalue weighted by Gasteiger charge is -2.10. The SMILES string of the molecule is O=C(Cc1ccc(Oc2ccc3nccnc3c2)cc1F)c1cncc(C(F)(F)F)c1. The number of hydrogen-bond acceptors (Lipinski definition) is 5.